The maximum absolute atomic E-state index is 16.0. The fourth-order valence-corrected chi connectivity index (χ4v) is 15.2. The van der Waals surface area contributed by atoms with Crippen LogP contribution in [0.4, 0.5) is 0 Å². The van der Waals surface area contributed by atoms with Gasteiger partial charge in [-0.05, 0) is 156 Å². The van der Waals surface area contributed by atoms with Crippen molar-refractivity contribution in [2.45, 2.75) is 129 Å². The van der Waals surface area contributed by atoms with E-state index in [1.54, 1.807) is 149 Å². The lowest BCUT2D eigenvalue weighted by molar-refractivity contribution is -0.151. The summed E-state index contributed by atoms with van der Waals surface area (Å²) in [7, 11) is 0. The molecule has 29 heteroatoms. The lowest BCUT2D eigenvalue weighted by atomic mass is 10.0. The number of unbranched alkanes of at least 4 members (excludes halogenated alkanes) is 4. The van der Waals surface area contributed by atoms with Gasteiger partial charge >= 0.3 is 0 Å². The van der Waals surface area contributed by atoms with Crippen LogP contribution in [0.1, 0.15) is 148 Å². The van der Waals surface area contributed by atoms with Crippen molar-refractivity contribution < 1.29 is 57.5 Å². The molecule has 0 saturated heterocycles. The minimum absolute atomic E-state index is 0.0199. The maximum Gasteiger partial charge on any atom is 0.243 e. The molecule has 688 valence electrons. The highest BCUT2D eigenvalue weighted by Gasteiger charge is 2.38. The minimum Gasteiger partial charge on any atom is -0.368 e. The number of carbonyl (C=O) groups is 12. The molecule has 0 unspecified atom stereocenters. The van der Waals surface area contributed by atoms with Gasteiger partial charge in [-0.25, -0.2) is 0 Å². The van der Waals surface area contributed by atoms with Crippen molar-refractivity contribution in [3.05, 3.63) is 287 Å². The van der Waals surface area contributed by atoms with E-state index in [1.165, 1.54) is 53.9 Å². The van der Waals surface area contributed by atoms with E-state index in [2.05, 4.69) is 5.32 Å². The predicted molar refractivity (Wildman–Crippen MR) is 499 cm³/mol. The standard InChI is InChI=1S/C100H131N17O12/c1-77(85-45-21-9-22-46-85)114(73-95(124)107(58-34-30-54-102)67-92(121)113(65-84-43-19-8-20-44-84)70-93(122)110(66-89(105)118)62-81-37-13-5-14-38-81)99(128)76-117(80(4)88-51-27-12-28-52-88)98(127)72-109(60-36-32-56-104)96(125)74-115(78(2)86-47-23-10-24-48-86)100(129)75-116(79(3)87-49-25-11-26-50-87)97(126)71-108(59-35-31-55-103)91(120)68-112(64-83-41-17-7-18-42-83)94(123)69-111(63-82-39-15-6-16-40-82)90(119)61-106-57-33-29-53-101/h5-28,37-52,77-80,106H,29-36,53-76,101-104H2,1-4H3,(H2,105,118)/t77-,78-,79-,80-/m0/s1. The van der Waals surface area contributed by atoms with Gasteiger partial charge in [-0.2, -0.15) is 0 Å². The van der Waals surface area contributed by atoms with Crippen LogP contribution in [-0.2, 0) is 83.7 Å². The summed E-state index contributed by atoms with van der Waals surface area (Å²) in [6, 6.07) is 69.2. The van der Waals surface area contributed by atoms with E-state index in [4.69, 9.17) is 28.7 Å². The van der Waals surface area contributed by atoms with Gasteiger partial charge in [-0.3, -0.25) is 57.5 Å². The highest BCUT2D eigenvalue weighted by atomic mass is 16.2. The summed E-state index contributed by atoms with van der Waals surface area (Å²) in [4.78, 5) is 196. The van der Waals surface area contributed by atoms with Crippen LogP contribution in [0.5, 0.6) is 0 Å². The molecule has 0 fully saturated rings. The van der Waals surface area contributed by atoms with E-state index < -0.39 is 155 Å². The molecule has 29 nitrogen and oxygen atoms in total. The van der Waals surface area contributed by atoms with E-state index in [9.17, 15) is 19.2 Å². The Balaban J connectivity index is 1.10. The van der Waals surface area contributed by atoms with E-state index >= 15 is 38.4 Å². The van der Waals surface area contributed by atoms with Crippen molar-refractivity contribution in [2.75, 3.05) is 131 Å². The molecule has 8 rings (SSSR count). The van der Waals surface area contributed by atoms with Gasteiger partial charge in [-0.1, -0.05) is 243 Å². The van der Waals surface area contributed by atoms with Crippen molar-refractivity contribution in [3.8, 4) is 0 Å². The highest BCUT2D eigenvalue weighted by Crippen LogP contribution is 2.29. The Kier molecular flexibility index (Phi) is 43.4. The molecule has 4 atom stereocenters. The number of amides is 12. The molecule has 0 bridgehead atoms. The first-order chi connectivity index (χ1) is 62.4. The van der Waals surface area contributed by atoms with Crippen molar-refractivity contribution in [2.24, 2.45) is 28.7 Å². The summed E-state index contributed by atoms with van der Waals surface area (Å²) < 4.78 is 0. The number of nitrogens with one attached hydrogen (secondary N) is 1. The number of hydrogen-bond acceptors (Lipinski definition) is 17. The molecule has 0 saturated carbocycles. The highest BCUT2D eigenvalue weighted by molar-refractivity contribution is 5.96. The van der Waals surface area contributed by atoms with Gasteiger partial charge in [0, 0.05) is 45.8 Å². The van der Waals surface area contributed by atoms with E-state index in [-0.39, 0.29) is 84.4 Å². The van der Waals surface area contributed by atoms with Crippen LogP contribution in [0.15, 0.2) is 243 Å². The smallest absolute Gasteiger partial charge is 0.243 e. The van der Waals surface area contributed by atoms with Crippen LogP contribution in [0.25, 0.3) is 0 Å². The first-order valence-electron chi connectivity index (χ1n) is 44.7. The second kappa shape index (κ2) is 55.1. The van der Waals surface area contributed by atoms with E-state index in [0.29, 0.717) is 85.0 Å². The average molecular weight is 1760 g/mol. The zero-order chi connectivity index (χ0) is 92.8. The number of nitrogens with zero attached hydrogens (tertiary/aromatic N) is 11. The Morgan fingerprint density at radius 3 is 0.705 bits per heavy atom. The zero-order valence-corrected chi connectivity index (χ0v) is 75.2. The third-order valence-electron chi connectivity index (χ3n) is 22.9. The van der Waals surface area contributed by atoms with Crippen molar-refractivity contribution in [1.82, 2.24) is 59.2 Å². The average Bonchev–Trinajstić information content (AvgIpc) is 0.824. The number of nitrogens with two attached hydrogens (primary N) is 5. The predicted octanol–water partition coefficient (Wildman–Crippen LogP) is 7.98. The SMILES string of the molecule is C[C@@H](c1ccccc1)N(CC(=O)N(CCCCN)CC(=O)N(CC(=O)N(CC(=O)N(CCCCN)CC(=O)N(CC(=O)N(CC(N)=O)Cc1ccccc1)Cc1ccccc1)[C@@H](C)c1ccccc1)[C@@H](C)c1ccccc1)C(=O)CN(C(=O)CN(CCCCN)C(=O)CN(Cc1ccccc1)C(=O)CN(Cc1ccccc1)C(=O)CNCCCCN)[C@@H](C)c1ccccc1. The number of primary amides is 1. The summed E-state index contributed by atoms with van der Waals surface area (Å²) in [5, 5.41) is 3.18. The van der Waals surface area contributed by atoms with Crippen LogP contribution >= 0.6 is 0 Å². The number of rotatable bonds is 56. The Hall–Kier alpha value is -12.8. The van der Waals surface area contributed by atoms with Gasteiger partial charge in [0.2, 0.25) is 70.9 Å². The number of carbonyl (C=O) groups excluding carboxylic acids is 12. The second-order valence-electron chi connectivity index (χ2n) is 32.4. The summed E-state index contributed by atoms with van der Waals surface area (Å²) in [5.41, 5.74) is 35.1. The molecule has 0 radical (unpaired) electrons. The Morgan fingerprint density at radius 1 is 0.240 bits per heavy atom. The van der Waals surface area contributed by atoms with Crippen molar-refractivity contribution >= 4 is 70.9 Å². The fourth-order valence-electron chi connectivity index (χ4n) is 15.2. The number of hydrogen-bond donors (Lipinski definition) is 6. The molecule has 0 aromatic heterocycles. The van der Waals surface area contributed by atoms with E-state index in [1.807, 2.05) is 121 Å². The molecule has 0 aliphatic rings. The Labute approximate surface area is 759 Å². The molecule has 0 spiro atoms. The van der Waals surface area contributed by atoms with Gasteiger partial charge in [0.25, 0.3) is 0 Å². The fraction of sp³-hybridized carbons (Fsp3) is 0.400. The van der Waals surface area contributed by atoms with Gasteiger partial charge < -0.3 is 87.9 Å². The summed E-state index contributed by atoms with van der Waals surface area (Å²) >= 11 is 0. The molecule has 12 amide bonds. The monoisotopic (exact) mass is 1760 g/mol. The van der Waals surface area contributed by atoms with Gasteiger partial charge in [-0.15, -0.1) is 0 Å². The quantitative estimate of drug-likeness (QED) is 0.0197. The third-order valence-corrected chi connectivity index (χ3v) is 22.9. The topological polar surface area (TPSA) is 383 Å². The largest absolute Gasteiger partial charge is 0.368 e. The van der Waals surface area contributed by atoms with Gasteiger partial charge in [0.1, 0.15) is 45.8 Å². The lowest BCUT2D eigenvalue weighted by Gasteiger charge is -2.37. The summed E-state index contributed by atoms with van der Waals surface area (Å²) in [6.45, 7) is 2.96. The van der Waals surface area contributed by atoms with Gasteiger partial charge in [0.05, 0.1) is 56.9 Å². The normalized spacial score (nSPS) is 11.9. The van der Waals surface area contributed by atoms with Crippen LogP contribution in [-0.4, -0.2) is 256 Å². The third kappa shape index (κ3) is 33.7. The molecule has 8 aromatic rings. The lowest BCUT2D eigenvalue weighted by Crippen LogP contribution is -2.53. The molecule has 8 aromatic carbocycles. The summed E-state index contributed by atoms with van der Waals surface area (Å²) in [6.07, 6.45) is 3.93. The van der Waals surface area contributed by atoms with Crippen LogP contribution < -0.4 is 34.0 Å². The molecule has 129 heavy (non-hydrogen) atoms. The first-order valence-corrected chi connectivity index (χ1v) is 44.7. The molecular formula is C100H131N17O12. The van der Waals surface area contributed by atoms with Crippen LogP contribution in [0.2, 0.25) is 0 Å². The van der Waals surface area contributed by atoms with Crippen molar-refractivity contribution in [1.29, 1.82) is 0 Å². The van der Waals surface area contributed by atoms with Gasteiger partial charge in [0.15, 0.2) is 0 Å². The Morgan fingerprint density at radius 2 is 0.442 bits per heavy atom. The van der Waals surface area contributed by atoms with Crippen molar-refractivity contribution in [3.63, 3.8) is 0 Å². The van der Waals surface area contributed by atoms with Crippen LogP contribution in [0.3, 0.4) is 0 Å². The second-order valence-corrected chi connectivity index (χ2v) is 32.4. The summed E-state index contributed by atoms with van der Waals surface area (Å²) in [5.74, 6) is -7.29. The maximum atomic E-state index is 16.0. The minimum atomic E-state index is -0.847. The molecule has 0 aliphatic carbocycles. The molecular weight excluding hydrogens is 1630 g/mol. The molecule has 0 heterocycles. The zero-order valence-electron chi connectivity index (χ0n) is 75.2. The number of benzene rings is 8. The first kappa shape index (κ1) is 102. The van der Waals surface area contributed by atoms with Crippen LogP contribution in [0, 0.1) is 0 Å². The molecule has 11 N–H and O–H groups in total. The Bertz CT molecular complexity index is 4740. The van der Waals surface area contributed by atoms with E-state index in [0.717, 1.165) is 24.0 Å². The molecule has 0 aliphatic heterocycles.